The molecule has 0 aromatic heterocycles. The largest absolute Gasteiger partial charge is 0.496 e. The van der Waals surface area contributed by atoms with Crippen molar-refractivity contribution < 1.29 is 13.9 Å². The van der Waals surface area contributed by atoms with Gasteiger partial charge in [-0.25, -0.2) is 4.39 Å². The smallest absolute Gasteiger partial charge is 0.142 e. The van der Waals surface area contributed by atoms with Crippen molar-refractivity contribution in [2.24, 2.45) is 0 Å². The number of alkyl halides is 1. The van der Waals surface area contributed by atoms with Crippen molar-refractivity contribution >= 4 is 43.5 Å². The SMILES string of the molecule is COc1cc(C(Br)c2cccc(F)c2Cl)c(OC)cc1Br. The number of hydrogen-bond acceptors (Lipinski definition) is 2. The van der Waals surface area contributed by atoms with E-state index in [0.717, 1.165) is 10.0 Å². The summed E-state index contributed by atoms with van der Waals surface area (Å²) in [5.41, 5.74) is 1.42. The molecule has 21 heavy (non-hydrogen) atoms. The molecular weight excluding hydrogens is 426 g/mol. The first-order valence-electron chi connectivity index (χ1n) is 5.99. The molecule has 2 nitrogen and oxygen atoms in total. The van der Waals surface area contributed by atoms with E-state index in [-0.39, 0.29) is 9.85 Å². The summed E-state index contributed by atoms with van der Waals surface area (Å²) < 4.78 is 25.1. The number of hydrogen-bond donors (Lipinski definition) is 0. The Morgan fingerprint density at radius 1 is 1.10 bits per heavy atom. The second kappa shape index (κ2) is 6.99. The van der Waals surface area contributed by atoms with Crippen LogP contribution >= 0.6 is 43.5 Å². The maximum Gasteiger partial charge on any atom is 0.142 e. The van der Waals surface area contributed by atoms with Gasteiger partial charge in [0.2, 0.25) is 0 Å². The van der Waals surface area contributed by atoms with E-state index in [2.05, 4.69) is 31.9 Å². The molecule has 1 unspecified atom stereocenters. The molecule has 0 amide bonds. The van der Waals surface area contributed by atoms with Crippen LogP contribution in [0.1, 0.15) is 16.0 Å². The van der Waals surface area contributed by atoms with Crippen LogP contribution in [0.4, 0.5) is 4.39 Å². The van der Waals surface area contributed by atoms with Crippen LogP contribution in [0.15, 0.2) is 34.8 Å². The molecule has 2 aromatic carbocycles. The highest BCUT2D eigenvalue weighted by Crippen LogP contribution is 2.43. The first kappa shape index (κ1) is 16.6. The van der Waals surface area contributed by atoms with Gasteiger partial charge in [-0.2, -0.15) is 0 Å². The van der Waals surface area contributed by atoms with Gasteiger partial charge in [-0.1, -0.05) is 39.7 Å². The molecule has 0 bridgehead atoms. The molecule has 0 radical (unpaired) electrons. The van der Waals surface area contributed by atoms with Crippen molar-refractivity contribution in [2.75, 3.05) is 14.2 Å². The van der Waals surface area contributed by atoms with Crippen LogP contribution in [0.2, 0.25) is 5.02 Å². The van der Waals surface area contributed by atoms with E-state index in [1.165, 1.54) is 6.07 Å². The third-order valence-electron chi connectivity index (χ3n) is 3.03. The lowest BCUT2D eigenvalue weighted by molar-refractivity contribution is 0.397. The molecule has 2 aromatic rings. The van der Waals surface area contributed by atoms with Gasteiger partial charge in [0.15, 0.2) is 0 Å². The van der Waals surface area contributed by atoms with E-state index < -0.39 is 5.82 Å². The molecule has 0 heterocycles. The molecule has 0 saturated heterocycles. The molecule has 0 saturated carbocycles. The Balaban J connectivity index is 2.56. The van der Waals surface area contributed by atoms with Gasteiger partial charge in [-0.3, -0.25) is 0 Å². The third kappa shape index (κ3) is 3.35. The zero-order valence-electron chi connectivity index (χ0n) is 11.3. The lowest BCUT2D eigenvalue weighted by Gasteiger charge is -2.18. The Bertz CT molecular complexity index is 664. The Hall–Kier alpha value is -0.780. The highest BCUT2D eigenvalue weighted by atomic mass is 79.9. The predicted molar refractivity (Wildman–Crippen MR) is 89.4 cm³/mol. The average Bonchev–Trinajstić information content (AvgIpc) is 2.49. The highest BCUT2D eigenvalue weighted by molar-refractivity contribution is 9.10. The number of ether oxygens (including phenoxy) is 2. The molecule has 0 fully saturated rings. The second-order valence-corrected chi connectivity index (χ2v) is 6.38. The van der Waals surface area contributed by atoms with Gasteiger partial charge in [0.05, 0.1) is 28.5 Å². The second-order valence-electron chi connectivity index (χ2n) is 4.23. The summed E-state index contributed by atoms with van der Waals surface area (Å²) in [6.07, 6.45) is 0. The molecule has 2 rings (SSSR count). The average molecular weight is 439 g/mol. The van der Waals surface area contributed by atoms with Crippen molar-refractivity contribution in [3.8, 4) is 11.5 Å². The van der Waals surface area contributed by atoms with Gasteiger partial charge >= 0.3 is 0 Å². The summed E-state index contributed by atoms with van der Waals surface area (Å²) in [4.78, 5) is -0.322. The van der Waals surface area contributed by atoms with E-state index in [4.69, 9.17) is 21.1 Å². The maximum atomic E-state index is 13.6. The molecular formula is C15H12Br2ClFO2. The Morgan fingerprint density at radius 2 is 1.76 bits per heavy atom. The molecule has 0 aliphatic heterocycles. The van der Waals surface area contributed by atoms with Crippen LogP contribution in [-0.2, 0) is 0 Å². The zero-order chi connectivity index (χ0) is 15.6. The van der Waals surface area contributed by atoms with Crippen molar-refractivity contribution in [2.45, 2.75) is 4.83 Å². The summed E-state index contributed by atoms with van der Waals surface area (Å²) in [5.74, 6) is 0.842. The molecule has 0 aliphatic carbocycles. The summed E-state index contributed by atoms with van der Waals surface area (Å²) in [7, 11) is 3.15. The van der Waals surface area contributed by atoms with E-state index in [1.807, 2.05) is 6.07 Å². The summed E-state index contributed by atoms with van der Waals surface area (Å²) in [5, 5.41) is 0.0864. The van der Waals surface area contributed by atoms with Crippen molar-refractivity contribution in [1.82, 2.24) is 0 Å². The standard InChI is InChI=1S/C15H12Br2ClFO2/c1-20-12-7-10(16)13(21-2)6-9(12)14(17)8-4-3-5-11(19)15(8)18/h3-7,14H,1-2H3. The summed E-state index contributed by atoms with van der Waals surface area (Å²) >= 11 is 13.0. The highest BCUT2D eigenvalue weighted by Gasteiger charge is 2.21. The third-order valence-corrected chi connectivity index (χ3v) is 5.04. The first-order chi connectivity index (χ1) is 9.99. The molecule has 0 N–H and O–H groups in total. The minimum absolute atomic E-state index is 0.0864. The molecule has 112 valence electrons. The van der Waals surface area contributed by atoms with E-state index in [9.17, 15) is 4.39 Å². The Morgan fingerprint density at radius 3 is 2.38 bits per heavy atom. The maximum absolute atomic E-state index is 13.6. The van der Waals surface area contributed by atoms with Crippen LogP contribution < -0.4 is 9.47 Å². The number of methoxy groups -OCH3 is 2. The minimum Gasteiger partial charge on any atom is -0.496 e. The van der Waals surface area contributed by atoms with E-state index in [0.29, 0.717) is 17.1 Å². The van der Waals surface area contributed by atoms with Gasteiger partial charge in [0, 0.05) is 5.56 Å². The fourth-order valence-corrected chi connectivity index (χ4v) is 3.56. The van der Waals surface area contributed by atoms with E-state index >= 15 is 0 Å². The Kier molecular flexibility index (Phi) is 5.52. The van der Waals surface area contributed by atoms with Crippen LogP contribution in [0.25, 0.3) is 0 Å². The van der Waals surface area contributed by atoms with Gasteiger partial charge in [-0.15, -0.1) is 0 Å². The van der Waals surface area contributed by atoms with Crippen LogP contribution in [-0.4, -0.2) is 14.2 Å². The lowest BCUT2D eigenvalue weighted by atomic mass is 10.0. The molecule has 0 aliphatic rings. The van der Waals surface area contributed by atoms with Crippen molar-refractivity contribution in [3.05, 3.63) is 56.8 Å². The van der Waals surface area contributed by atoms with Crippen LogP contribution in [0, 0.1) is 5.82 Å². The monoisotopic (exact) mass is 436 g/mol. The van der Waals surface area contributed by atoms with Crippen LogP contribution in [0.3, 0.4) is 0 Å². The molecule has 6 heteroatoms. The van der Waals surface area contributed by atoms with Crippen molar-refractivity contribution in [3.63, 3.8) is 0 Å². The summed E-state index contributed by atoms with van der Waals surface area (Å²) in [6.45, 7) is 0. The topological polar surface area (TPSA) is 18.5 Å². The fraction of sp³-hybridized carbons (Fsp3) is 0.200. The lowest BCUT2D eigenvalue weighted by Crippen LogP contribution is -2.00. The Labute approximate surface area is 144 Å². The van der Waals surface area contributed by atoms with Crippen molar-refractivity contribution in [1.29, 1.82) is 0 Å². The number of halogens is 4. The predicted octanol–water partition coefficient (Wildman–Crippen LogP) is 5.74. The normalized spacial score (nSPS) is 12.1. The summed E-state index contributed by atoms with van der Waals surface area (Å²) in [6, 6.07) is 8.33. The number of rotatable bonds is 4. The van der Waals surface area contributed by atoms with Gasteiger partial charge in [0.25, 0.3) is 0 Å². The van der Waals surface area contributed by atoms with E-state index in [1.54, 1.807) is 32.4 Å². The number of benzene rings is 2. The quantitative estimate of drug-likeness (QED) is 0.567. The van der Waals surface area contributed by atoms with Gasteiger partial charge in [0.1, 0.15) is 17.3 Å². The minimum atomic E-state index is -0.457. The first-order valence-corrected chi connectivity index (χ1v) is 8.07. The zero-order valence-corrected chi connectivity index (χ0v) is 15.2. The molecule has 0 spiro atoms. The molecule has 1 atom stereocenters. The van der Waals surface area contributed by atoms with Crippen LogP contribution in [0.5, 0.6) is 11.5 Å². The fourth-order valence-electron chi connectivity index (χ4n) is 1.97. The van der Waals surface area contributed by atoms with Gasteiger partial charge < -0.3 is 9.47 Å². The van der Waals surface area contributed by atoms with Gasteiger partial charge in [-0.05, 0) is 39.7 Å².